The molecule has 3 aromatic rings. The van der Waals surface area contributed by atoms with E-state index < -0.39 is 5.41 Å². The number of benzene rings is 2. The van der Waals surface area contributed by atoms with E-state index in [1.165, 1.54) is 4.57 Å². The Morgan fingerprint density at radius 2 is 1.62 bits per heavy atom. The summed E-state index contributed by atoms with van der Waals surface area (Å²) >= 11 is 0.984. The number of carbonyl (C=O) groups excluding carboxylic acids is 2. The Hall–Kier alpha value is -2.53. The molecule has 0 aliphatic carbocycles. The fourth-order valence-electron chi connectivity index (χ4n) is 2.44. The minimum absolute atomic E-state index is 0.105. The molecule has 0 saturated heterocycles. The largest absolute Gasteiger partial charge is 0.314 e. The molecule has 2 aromatic carbocycles. The third-order valence-corrected chi connectivity index (χ3v) is 4.63. The highest BCUT2D eigenvalue weighted by Gasteiger charge is 2.26. The van der Waals surface area contributed by atoms with Crippen LogP contribution in [0.3, 0.4) is 0 Å². The van der Waals surface area contributed by atoms with Gasteiger partial charge in [0.15, 0.2) is 5.78 Å². The van der Waals surface area contributed by atoms with Crippen molar-refractivity contribution in [1.29, 1.82) is 0 Å². The molecule has 0 aliphatic rings. The molecule has 5 heteroatoms. The maximum absolute atomic E-state index is 12.5. The number of hydrogen-bond donors (Lipinski definition) is 0. The molecule has 1 aromatic heterocycles. The first-order valence-electron chi connectivity index (χ1n) is 7.59. The van der Waals surface area contributed by atoms with Crippen LogP contribution in [0.15, 0.2) is 53.3 Å². The Morgan fingerprint density at radius 1 is 0.958 bits per heavy atom. The zero-order valence-corrected chi connectivity index (χ0v) is 14.5. The summed E-state index contributed by atoms with van der Waals surface area (Å²) < 4.78 is 1.84. The molecule has 0 aliphatic heterocycles. The number of nitrogens with zero attached hydrogens (tertiary/aromatic N) is 1. The van der Waals surface area contributed by atoms with Gasteiger partial charge in [0.05, 0.1) is 10.2 Å². The molecule has 0 fully saturated rings. The van der Waals surface area contributed by atoms with Gasteiger partial charge in [0.25, 0.3) is 0 Å². The highest BCUT2D eigenvalue weighted by Crippen LogP contribution is 2.24. The van der Waals surface area contributed by atoms with Crippen molar-refractivity contribution >= 4 is 33.2 Å². The van der Waals surface area contributed by atoms with Gasteiger partial charge in [-0.25, -0.2) is 4.57 Å². The van der Waals surface area contributed by atoms with Gasteiger partial charge in [-0.3, -0.25) is 14.4 Å². The summed E-state index contributed by atoms with van der Waals surface area (Å²) in [4.78, 5) is 37.0. The van der Waals surface area contributed by atoms with E-state index in [-0.39, 0.29) is 16.6 Å². The third kappa shape index (κ3) is 2.83. The third-order valence-electron chi connectivity index (χ3n) is 3.72. The number of rotatable bonds is 2. The first-order valence-corrected chi connectivity index (χ1v) is 8.41. The molecular formula is C19H17NO3S. The van der Waals surface area contributed by atoms with Crippen LogP contribution < -0.4 is 4.87 Å². The monoisotopic (exact) mass is 339 g/mol. The quantitative estimate of drug-likeness (QED) is 0.664. The van der Waals surface area contributed by atoms with Gasteiger partial charge < -0.3 is 0 Å². The Balaban J connectivity index is 2.10. The van der Waals surface area contributed by atoms with Crippen LogP contribution in [0, 0.1) is 5.41 Å². The fourth-order valence-corrected chi connectivity index (χ4v) is 3.35. The van der Waals surface area contributed by atoms with Crippen LogP contribution in [0.25, 0.3) is 10.2 Å². The highest BCUT2D eigenvalue weighted by atomic mass is 32.1. The van der Waals surface area contributed by atoms with Crippen molar-refractivity contribution in [1.82, 2.24) is 4.57 Å². The van der Waals surface area contributed by atoms with E-state index in [2.05, 4.69) is 0 Å². The van der Waals surface area contributed by atoms with Crippen LogP contribution in [0.2, 0.25) is 0 Å². The van der Waals surface area contributed by atoms with Crippen molar-refractivity contribution in [2.24, 2.45) is 5.41 Å². The summed E-state index contributed by atoms with van der Waals surface area (Å²) in [5.74, 6) is -0.354. The molecule has 1 heterocycles. The molecule has 0 unspecified atom stereocenters. The first kappa shape index (κ1) is 16.3. The Bertz CT molecular complexity index is 991. The molecule has 122 valence electrons. The number of hydrogen-bond acceptors (Lipinski definition) is 4. The molecule has 4 nitrogen and oxygen atoms in total. The predicted octanol–water partition coefficient (Wildman–Crippen LogP) is 3.98. The van der Waals surface area contributed by atoms with Crippen LogP contribution in [0.1, 0.15) is 41.5 Å². The SMILES string of the molecule is CC(C)(C)C(=O)n1c(=O)sc2cc(C(=O)c3ccccc3)ccc21. The fraction of sp³-hybridized carbons (Fsp3) is 0.211. The second kappa shape index (κ2) is 5.83. The summed E-state index contributed by atoms with van der Waals surface area (Å²) in [6.45, 7) is 5.33. The molecule has 0 amide bonds. The second-order valence-electron chi connectivity index (χ2n) is 6.64. The first-order chi connectivity index (χ1) is 11.3. The van der Waals surface area contributed by atoms with Gasteiger partial charge in [0.2, 0.25) is 5.91 Å². The number of ketones is 1. The maximum atomic E-state index is 12.5. The molecule has 24 heavy (non-hydrogen) atoms. The van der Waals surface area contributed by atoms with E-state index in [1.807, 2.05) is 18.2 Å². The van der Waals surface area contributed by atoms with E-state index in [4.69, 9.17) is 0 Å². The lowest BCUT2D eigenvalue weighted by Crippen LogP contribution is -2.32. The van der Waals surface area contributed by atoms with E-state index in [1.54, 1.807) is 51.1 Å². The highest BCUT2D eigenvalue weighted by molar-refractivity contribution is 7.16. The molecule has 0 saturated carbocycles. The van der Waals surface area contributed by atoms with Crippen molar-refractivity contribution in [2.75, 3.05) is 0 Å². The van der Waals surface area contributed by atoms with Crippen LogP contribution in [-0.2, 0) is 0 Å². The summed E-state index contributed by atoms with van der Waals surface area (Å²) in [7, 11) is 0. The van der Waals surface area contributed by atoms with Gasteiger partial charge in [-0.15, -0.1) is 0 Å². The average molecular weight is 339 g/mol. The molecule has 0 bridgehead atoms. The smallest absolute Gasteiger partial charge is 0.289 e. The minimum Gasteiger partial charge on any atom is -0.289 e. The zero-order valence-electron chi connectivity index (χ0n) is 13.7. The molecular weight excluding hydrogens is 322 g/mol. The molecule has 0 spiro atoms. The lowest BCUT2D eigenvalue weighted by molar-refractivity contribution is 0.0770. The molecule has 3 rings (SSSR count). The van der Waals surface area contributed by atoms with Crippen molar-refractivity contribution in [3.05, 3.63) is 69.3 Å². The average Bonchev–Trinajstić information content (AvgIpc) is 2.88. The molecule has 0 radical (unpaired) electrons. The van der Waals surface area contributed by atoms with Crippen LogP contribution in [0.4, 0.5) is 0 Å². The molecule has 0 N–H and O–H groups in total. The van der Waals surface area contributed by atoms with E-state index in [0.29, 0.717) is 21.3 Å². The lowest BCUT2D eigenvalue weighted by atomic mass is 9.95. The predicted molar refractivity (Wildman–Crippen MR) is 96.0 cm³/mol. The summed E-state index contributed by atoms with van der Waals surface area (Å²) in [6, 6.07) is 14.0. The van der Waals surface area contributed by atoms with Crippen molar-refractivity contribution in [3.8, 4) is 0 Å². The Kier molecular flexibility index (Phi) is 3.97. The van der Waals surface area contributed by atoms with Gasteiger partial charge >= 0.3 is 4.87 Å². The van der Waals surface area contributed by atoms with E-state index in [9.17, 15) is 14.4 Å². The van der Waals surface area contributed by atoms with Gasteiger partial charge in [-0.1, -0.05) is 62.4 Å². The number of aromatic nitrogens is 1. The summed E-state index contributed by atoms with van der Waals surface area (Å²) in [6.07, 6.45) is 0. The minimum atomic E-state index is -0.656. The Morgan fingerprint density at radius 3 is 2.25 bits per heavy atom. The van der Waals surface area contributed by atoms with Crippen molar-refractivity contribution in [2.45, 2.75) is 20.8 Å². The normalized spacial score (nSPS) is 11.6. The topological polar surface area (TPSA) is 56.1 Å². The summed E-state index contributed by atoms with van der Waals surface area (Å²) in [5, 5.41) is 0. The van der Waals surface area contributed by atoms with E-state index in [0.717, 1.165) is 11.3 Å². The van der Waals surface area contributed by atoms with Crippen molar-refractivity contribution in [3.63, 3.8) is 0 Å². The van der Waals surface area contributed by atoms with Crippen LogP contribution >= 0.6 is 11.3 Å². The van der Waals surface area contributed by atoms with E-state index >= 15 is 0 Å². The van der Waals surface area contributed by atoms with Gasteiger partial charge in [-0.2, -0.15) is 0 Å². The van der Waals surface area contributed by atoms with Crippen LogP contribution in [-0.4, -0.2) is 16.3 Å². The number of thiazole rings is 1. The van der Waals surface area contributed by atoms with Gasteiger partial charge in [-0.05, 0) is 18.2 Å². The number of carbonyl (C=O) groups is 2. The standard InChI is InChI=1S/C19H17NO3S/c1-19(2,3)17(22)20-14-10-9-13(11-15(14)24-18(20)23)16(21)12-7-5-4-6-8-12/h4-11H,1-3H3. The lowest BCUT2D eigenvalue weighted by Gasteiger charge is -2.16. The zero-order chi connectivity index (χ0) is 17.5. The Labute approximate surface area is 143 Å². The second-order valence-corrected chi connectivity index (χ2v) is 7.63. The van der Waals surface area contributed by atoms with Gasteiger partial charge in [0.1, 0.15) is 0 Å². The number of fused-ring (bicyclic) bond motifs is 1. The van der Waals surface area contributed by atoms with Gasteiger partial charge in [0, 0.05) is 16.5 Å². The van der Waals surface area contributed by atoms with Crippen LogP contribution in [0.5, 0.6) is 0 Å². The summed E-state index contributed by atoms with van der Waals surface area (Å²) in [5.41, 5.74) is 0.991. The maximum Gasteiger partial charge on any atom is 0.314 e. The van der Waals surface area contributed by atoms with Crippen molar-refractivity contribution < 1.29 is 9.59 Å². The molecule has 0 atom stereocenters.